The lowest BCUT2D eigenvalue weighted by atomic mass is 9.98. The fourth-order valence-corrected chi connectivity index (χ4v) is 4.09. The summed E-state index contributed by atoms with van der Waals surface area (Å²) in [5.41, 5.74) is 4.19. The summed E-state index contributed by atoms with van der Waals surface area (Å²) in [5, 5.41) is 0. The molecule has 1 fully saturated rings. The average Bonchev–Trinajstić information content (AvgIpc) is 3.41. The highest BCUT2D eigenvalue weighted by molar-refractivity contribution is 5.97. The molecule has 0 spiro atoms. The summed E-state index contributed by atoms with van der Waals surface area (Å²) >= 11 is 0. The molecule has 1 aliphatic rings. The summed E-state index contributed by atoms with van der Waals surface area (Å²) in [6.45, 7) is 1.33. The maximum Gasteiger partial charge on any atom is 0.253 e. The van der Waals surface area contributed by atoms with Crippen molar-refractivity contribution < 1.29 is 13.6 Å². The molecule has 4 aromatic rings. The predicted octanol–water partition coefficient (Wildman–Crippen LogP) is 5.19. The van der Waals surface area contributed by atoms with Gasteiger partial charge in [-0.25, -0.2) is 9.37 Å². The van der Waals surface area contributed by atoms with E-state index in [1.165, 1.54) is 12.1 Å². The monoisotopic (exact) mass is 400 g/mol. The number of aromatic nitrogens is 1. The number of carbonyl (C=O) groups excluding carboxylic acids is 1. The SMILES string of the molecule is O=C(c1ccc2oc(Cc3ccccc3)nc2c1)N1CC[C@H](c2ccc(F)cc2)C1. The number of halogens is 1. The number of benzene rings is 3. The number of likely N-dealkylation sites (tertiary alicyclic amines) is 1. The Balaban J connectivity index is 1.32. The Morgan fingerprint density at radius 3 is 2.67 bits per heavy atom. The Labute approximate surface area is 174 Å². The quantitative estimate of drug-likeness (QED) is 0.474. The van der Waals surface area contributed by atoms with Gasteiger partial charge in [0.1, 0.15) is 11.3 Å². The van der Waals surface area contributed by atoms with Crippen LogP contribution >= 0.6 is 0 Å². The van der Waals surface area contributed by atoms with Gasteiger partial charge in [-0.1, -0.05) is 42.5 Å². The number of rotatable bonds is 4. The van der Waals surface area contributed by atoms with Crippen molar-refractivity contribution in [3.05, 3.63) is 101 Å². The molecule has 0 aliphatic carbocycles. The van der Waals surface area contributed by atoms with Crippen LogP contribution in [0, 0.1) is 5.82 Å². The predicted molar refractivity (Wildman–Crippen MR) is 113 cm³/mol. The highest BCUT2D eigenvalue weighted by Gasteiger charge is 2.28. The first kappa shape index (κ1) is 18.6. The van der Waals surface area contributed by atoms with Gasteiger partial charge in [0.2, 0.25) is 0 Å². The molecule has 30 heavy (non-hydrogen) atoms. The molecule has 0 saturated carbocycles. The van der Waals surface area contributed by atoms with Gasteiger partial charge >= 0.3 is 0 Å². The van der Waals surface area contributed by atoms with Gasteiger partial charge in [0.15, 0.2) is 11.5 Å². The van der Waals surface area contributed by atoms with E-state index < -0.39 is 0 Å². The van der Waals surface area contributed by atoms with Crippen LogP contribution in [-0.4, -0.2) is 28.9 Å². The highest BCUT2D eigenvalue weighted by Crippen LogP contribution is 2.29. The number of hydrogen-bond acceptors (Lipinski definition) is 3. The van der Waals surface area contributed by atoms with E-state index in [2.05, 4.69) is 4.98 Å². The maximum absolute atomic E-state index is 13.2. The summed E-state index contributed by atoms with van der Waals surface area (Å²) in [7, 11) is 0. The standard InChI is InChI=1S/C25H21FN2O2/c26-21-9-6-18(7-10-21)20-12-13-28(16-20)25(29)19-8-11-23-22(15-19)27-24(30-23)14-17-4-2-1-3-5-17/h1-11,15,20H,12-14,16H2/t20-/m0/s1. The molecule has 0 N–H and O–H groups in total. The second-order valence-electron chi connectivity index (χ2n) is 7.74. The lowest BCUT2D eigenvalue weighted by molar-refractivity contribution is 0.0791. The molecule has 0 bridgehead atoms. The van der Waals surface area contributed by atoms with E-state index in [9.17, 15) is 9.18 Å². The zero-order valence-corrected chi connectivity index (χ0v) is 16.4. The zero-order chi connectivity index (χ0) is 20.5. The molecule has 5 heteroatoms. The zero-order valence-electron chi connectivity index (χ0n) is 16.4. The van der Waals surface area contributed by atoms with Crippen molar-refractivity contribution in [1.29, 1.82) is 0 Å². The van der Waals surface area contributed by atoms with Crippen LogP contribution in [-0.2, 0) is 6.42 Å². The Bertz CT molecular complexity index is 1180. The first-order chi connectivity index (χ1) is 14.7. The largest absolute Gasteiger partial charge is 0.440 e. The van der Waals surface area contributed by atoms with Gasteiger partial charge in [-0.3, -0.25) is 4.79 Å². The van der Waals surface area contributed by atoms with E-state index in [1.54, 1.807) is 12.1 Å². The molecule has 1 amide bonds. The van der Waals surface area contributed by atoms with Crippen LogP contribution in [0.4, 0.5) is 4.39 Å². The maximum atomic E-state index is 13.2. The topological polar surface area (TPSA) is 46.3 Å². The van der Waals surface area contributed by atoms with E-state index in [1.807, 2.05) is 53.4 Å². The van der Waals surface area contributed by atoms with Crippen LogP contribution in [0.5, 0.6) is 0 Å². The summed E-state index contributed by atoms with van der Waals surface area (Å²) in [6.07, 6.45) is 1.50. The minimum atomic E-state index is -0.239. The molecular formula is C25H21FN2O2. The molecule has 2 heterocycles. The van der Waals surface area contributed by atoms with E-state index in [0.29, 0.717) is 42.1 Å². The van der Waals surface area contributed by atoms with E-state index >= 15 is 0 Å². The molecule has 1 saturated heterocycles. The molecule has 1 atom stereocenters. The third-order valence-corrected chi connectivity index (χ3v) is 5.69. The third kappa shape index (κ3) is 3.71. The normalized spacial score (nSPS) is 16.3. The van der Waals surface area contributed by atoms with Crippen LogP contribution < -0.4 is 0 Å². The lowest BCUT2D eigenvalue weighted by Crippen LogP contribution is -2.28. The first-order valence-corrected chi connectivity index (χ1v) is 10.1. The number of nitrogens with zero attached hydrogens (tertiary/aromatic N) is 2. The fraction of sp³-hybridized carbons (Fsp3) is 0.200. The van der Waals surface area contributed by atoms with Gasteiger partial charge in [0.05, 0.1) is 0 Å². The smallest absolute Gasteiger partial charge is 0.253 e. The molecule has 0 radical (unpaired) electrons. The molecule has 4 nitrogen and oxygen atoms in total. The molecule has 1 aromatic heterocycles. The Morgan fingerprint density at radius 1 is 1.07 bits per heavy atom. The molecule has 3 aromatic carbocycles. The van der Waals surface area contributed by atoms with E-state index in [0.717, 1.165) is 17.5 Å². The lowest BCUT2D eigenvalue weighted by Gasteiger charge is -2.16. The third-order valence-electron chi connectivity index (χ3n) is 5.69. The van der Waals surface area contributed by atoms with Crippen LogP contribution in [0.3, 0.4) is 0 Å². The number of oxazole rings is 1. The highest BCUT2D eigenvalue weighted by atomic mass is 19.1. The van der Waals surface area contributed by atoms with Crippen molar-refractivity contribution in [2.24, 2.45) is 0 Å². The molecule has 0 unspecified atom stereocenters. The van der Waals surface area contributed by atoms with Crippen molar-refractivity contribution in [2.75, 3.05) is 13.1 Å². The average molecular weight is 400 g/mol. The number of carbonyl (C=O) groups is 1. The van der Waals surface area contributed by atoms with Crippen molar-refractivity contribution in [3.63, 3.8) is 0 Å². The first-order valence-electron chi connectivity index (χ1n) is 10.1. The number of hydrogen-bond donors (Lipinski definition) is 0. The summed E-state index contributed by atoms with van der Waals surface area (Å²) in [6, 6.07) is 22.0. The van der Waals surface area contributed by atoms with Gasteiger partial charge < -0.3 is 9.32 Å². The van der Waals surface area contributed by atoms with Gasteiger partial charge in [-0.15, -0.1) is 0 Å². The summed E-state index contributed by atoms with van der Waals surface area (Å²) in [5.74, 6) is 0.632. The van der Waals surface area contributed by atoms with Crippen LogP contribution in [0.1, 0.15) is 39.7 Å². The van der Waals surface area contributed by atoms with Gasteiger partial charge in [-0.2, -0.15) is 0 Å². The van der Waals surface area contributed by atoms with Crippen LogP contribution in [0.25, 0.3) is 11.1 Å². The van der Waals surface area contributed by atoms with Gasteiger partial charge in [-0.05, 0) is 47.9 Å². The van der Waals surface area contributed by atoms with Gasteiger partial charge in [0.25, 0.3) is 5.91 Å². The second kappa shape index (κ2) is 7.75. The molecule has 1 aliphatic heterocycles. The van der Waals surface area contributed by atoms with E-state index in [-0.39, 0.29) is 17.6 Å². The molecule has 150 valence electrons. The fourth-order valence-electron chi connectivity index (χ4n) is 4.09. The number of amides is 1. The van der Waals surface area contributed by atoms with Crippen molar-refractivity contribution >= 4 is 17.0 Å². The Hall–Kier alpha value is -3.47. The van der Waals surface area contributed by atoms with Gasteiger partial charge in [0, 0.05) is 31.0 Å². The Morgan fingerprint density at radius 2 is 1.87 bits per heavy atom. The minimum absolute atomic E-state index is 0.00544. The van der Waals surface area contributed by atoms with Crippen molar-refractivity contribution in [3.8, 4) is 0 Å². The molecular weight excluding hydrogens is 379 g/mol. The summed E-state index contributed by atoms with van der Waals surface area (Å²) in [4.78, 5) is 19.5. The molecule has 5 rings (SSSR count). The van der Waals surface area contributed by atoms with Crippen LogP contribution in [0.15, 0.2) is 77.2 Å². The van der Waals surface area contributed by atoms with Crippen molar-refractivity contribution in [2.45, 2.75) is 18.8 Å². The minimum Gasteiger partial charge on any atom is -0.440 e. The Kier molecular flexibility index (Phi) is 4.79. The van der Waals surface area contributed by atoms with E-state index in [4.69, 9.17) is 4.42 Å². The second-order valence-corrected chi connectivity index (χ2v) is 7.74. The van der Waals surface area contributed by atoms with Crippen molar-refractivity contribution in [1.82, 2.24) is 9.88 Å². The number of fused-ring (bicyclic) bond motifs is 1. The van der Waals surface area contributed by atoms with Crippen LogP contribution in [0.2, 0.25) is 0 Å². The summed E-state index contributed by atoms with van der Waals surface area (Å²) < 4.78 is 19.0.